The highest BCUT2D eigenvalue weighted by Gasteiger charge is 2.23. The quantitative estimate of drug-likeness (QED) is 0.903. The zero-order valence-electron chi connectivity index (χ0n) is 15.0. The van der Waals surface area contributed by atoms with Gasteiger partial charge in [0.2, 0.25) is 0 Å². The Labute approximate surface area is 154 Å². The first kappa shape index (κ1) is 17.1. The van der Waals surface area contributed by atoms with Crippen LogP contribution in [0.25, 0.3) is 0 Å². The van der Waals surface area contributed by atoms with Crippen LogP contribution in [0.5, 0.6) is 0 Å². The maximum absolute atomic E-state index is 13.1. The number of benzene rings is 2. The SMILES string of the molecule is O=C(NCC1CCN(c2ccc(F)cc2)C1)c1ccc2c(c1)CCCC2. The van der Waals surface area contributed by atoms with Gasteiger partial charge in [-0.3, -0.25) is 4.79 Å². The summed E-state index contributed by atoms with van der Waals surface area (Å²) in [4.78, 5) is 14.8. The second-order valence-corrected chi connectivity index (χ2v) is 7.48. The molecule has 26 heavy (non-hydrogen) atoms. The smallest absolute Gasteiger partial charge is 0.251 e. The first-order chi connectivity index (χ1) is 12.7. The number of carbonyl (C=O) groups is 1. The molecule has 0 spiro atoms. The first-order valence-electron chi connectivity index (χ1n) is 9.59. The molecule has 0 aromatic heterocycles. The van der Waals surface area contributed by atoms with Crippen LogP contribution in [0.2, 0.25) is 0 Å². The summed E-state index contributed by atoms with van der Waals surface area (Å²) >= 11 is 0. The third-order valence-corrected chi connectivity index (χ3v) is 5.64. The number of aryl methyl sites for hydroxylation is 2. The summed E-state index contributed by atoms with van der Waals surface area (Å²) in [6, 6.07) is 12.8. The summed E-state index contributed by atoms with van der Waals surface area (Å²) < 4.78 is 13.1. The molecule has 2 aliphatic rings. The van der Waals surface area contributed by atoms with Crippen LogP contribution in [0.4, 0.5) is 10.1 Å². The number of carbonyl (C=O) groups excluding carboxylic acids is 1. The average Bonchev–Trinajstić information content (AvgIpc) is 3.15. The number of nitrogens with one attached hydrogen (secondary N) is 1. The Kier molecular flexibility index (Phi) is 4.91. The molecule has 0 radical (unpaired) electrons. The van der Waals surface area contributed by atoms with Crippen molar-refractivity contribution >= 4 is 11.6 Å². The van der Waals surface area contributed by atoms with Gasteiger partial charge in [-0.25, -0.2) is 4.39 Å². The Morgan fingerprint density at radius 1 is 1.08 bits per heavy atom. The van der Waals surface area contributed by atoms with E-state index in [4.69, 9.17) is 0 Å². The number of rotatable bonds is 4. The van der Waals surface area contributed by atoms with Crippen molar-refractivity contribution in [1.29, 1.82) is 0 Å². The average molecular weight is 352 g/mol. The van der Waals surface area contributed by atoms with Crippen LogP contribution in [0.15, 0.2) is 42.5 Å². The first-order valence-corrected chi connectivity index (χ1v) is 9.59. The maximum Gasteiger partial charge on any atom is 0.251 e. The number of amides is 1. The lowest BCUT2D eigenvalue weighted by molar-refractivity contribution is 0.0948. The molecule has 1 aliphatic heterocycles. The zero-order chi connectivity index (χ0) is 17.9. The molecule has 0 saturated carbocycles. The van der Waals surface area contributed by atoms with Crippen molar-refractivity contribution in [1.82, 2.24) is 5.32 Å². The van der Waals surface area contributed by atoms with Crippen molar-refractivity contribution in [3.05, 3.63) is 65.0 Å². The predicted octanol–water partition coefficient (Wildman–Crippen LogP) is 3.96. The van der Waals surface area contributed by atoms with Gasteiger partial charge in [0, 0.05) is 30.9 Å². The van der Waals surface area contributed by atoms with Gasteiger partial charge in [-0.2, -0.15) is 0 Å². The largest absolute Gasteiger partial charge is 0.371 e. The van der Waals surface area contributed by atoms with Crippen LogP contribution in [0.3, 0.4) is 0 Å². The van der Waals surface area contributed by atoms with Gasteiger partial charge in [0.15, 0.2) is 0 Å². The minimum atomic E-state index is -0.207. The van der Waals surface area contributed by atoms with E-state index >= 15 is 0 Å². The van der Waals surface area contributed by atoms with Gasteiger partial charge in [0.05, 0.1) is 0 Å². The molecule has 1 fully saturated rings. The highest BCUT2D eigenvalue weighted by atomic mass is 19.1. The molecule has 136 valence electrons. The van der Waals surface area contributed by atoms with Crippen LogP contribution in [0.1, 0.15) is 40.7 Å². The Hall–Kier alpha value is -2.36. The summed E-state index contributed by atoms with van der Waals surface area (Å²) in [6.45, 7) is 2.54. The van der Waals surface area contributed by atoms with Crippen molar-refractivity contribution in [3.8, 4) is 0 Å². The highest BCUT2D eigenvalue weighted by Crippen LogP contribution is 2.24. The van der Waals surface area contributed by atoms with Crippen molar-refractivity contribution in [2.75, 3.05) is 24.5 Å². The van der Waals surface area contributed by atoms with Gasteiger partial charge in [-0.1, -0.05) is 6.07 Å². The lowest BCUT2D eigenvalue weighted by Crippen LogP contribution is -2.31. The Morgan fingerprint density at radius 2 is 1.85 bits per heavy atom. The van der Waals surface area contributed by atoms with Gasteiger partial charge in [-0.05, 0) is 85.5 Å². The number of nitrogens with zero attached hydrogens (tertiary/aromatic N) is 1. The lowest BCUT2D eigenvalue weighted by Gasteiger charge is -2.19. The number of anilines is 1. The number of halogens is 1. The van der Waals surface area contributed by atoms with Gasteiger partial charge >= 0.3 is 0 Å². The number of hydrogen-bond donors (Lipinski definition) is 1. The molecule has 1 atom stereocenters. The zero-order valence-corrected chi connectivity index (χ0v) is 15.0. The minimum absolute atomic E-state index is 0.0265. The van der Waals surface area contributed by atoms with E-state index in [9.17, 15) is 9.18 Å². The van der Waals surface area contributed by atoms with Crippen molar-refractivity contribution < 1.29 is 9.18 Å². The van der Waals surface area contributed by atoms with E-state index in [0.717, 1.165) is 43.6 Å². The fraction of sp³-hybridized carbons (Fsp3) is 0.409. The lowest BCUT2D eigenvalue weighted by atomic mass is 9.90. The third kappa shape index (κ3) is 3.74. The Morgan fingerprint density at radius 3 is 2.65 bits per heavy atom. The van der Waals surface area contributed by atoms with E-state index in [1.165, 1.54) is 36.1 Å². The van der Waals surface area contributed by atoms with Gasteiger partial charge in [0.1, 0.15) is 5.82 Å². The second kappa shape index (κ2) is 7.48. The molecular formula is C22H25FN2O. The third-order valence-electron chi connectivity index (χ3n) is 5.64. The molecule has 1 amide bonds. The van der Waals surface area contributed by atoms with E-state index in [0.29, 0.717) is 12.5 Å². The summed E-state index contributed by atoms with van der Waals surface area (Å²) in [7, 11) is 0. The predicted molar refractivity (Wildman–Crippen MR) is 102 cm³/mol. The standard InChI is InChI=1S/C22H25FN2O/c23-20-7-9-21(10-8-20)25-12-11-16(15-25)14-24-22(26)19-6-5-17-3-1-2-4-18(17)13-19/h5-10,13,16H,1-4,11-12,14-15H2,(H,24,26). The van der Waals surface area contributed by atoms with Gasteiger partial charge < -0.3 is 10.2 Å². The fourth-order valence-corrected chi connectivity index (χ4v) is 4.10. The highest BCUT2D eigenvalue weighted by molar-refractivity contribution is 5.94. The molecule has 4 rings (SSSR count). The van der Waals surface area contributed by atoms with Crippen LogP contribution >= 0.6 is 0 Å². The van der Waals surface area contributed by atoms with E-state index in [2.05, 4.69) is 22.3 Å². The minimum Gasteiger partial charge on any atom is -0.371 e. The molecule has 2 aromatic rings. The number of fused-ring (bicyclic) bond motifs is 1. The van der Waals surface area contributed by atoms with Crippen LogP contribution in [-0.4, -0.2) is 25.5 Å². The van der Waals surface area contributed by atoms with Crippen LogP contribution in [0, 0.1) is 11.7 Å². The van der Waals surface area contributed by atoms with Crippen molar-refractivity contribution in [2.24, 2.45) is 5.92 Å². The van der Waals surface area contributed by atoms with Crippen molar-refractivity contribution in [2.45, 2.75) is 32.1 Å². The summed E-state index contributed by atoms with van der Waals surface area (Å²) in [5.74, 6) is 0.252. The monoisotopic (exact) mass is 352 g/mol. The van der Waals surface area contributed by atoms with Crippen LogP contribution < -0.4 is 10.2 Å². The Balaban J connectivity index is 1.31. The number of hydrogen-bond acceptors (Lipinski definition) is 2. The molecule has 1 saturated heterocycles. The summed E-state index contributed by atoms with van der Waals surface area (Å²) in [6.07, 6.45) is 5.75. The van der Waals surface area contributed by atoms with Gasteiger partial charge in [-0.15, -0.1) is 0 Å². The summed E-state index contributed by atoms with van der Waals surface area (Å²) in [5.41, 5.74) is 4.57. The normalized spacial score (nSPS) is 19.3. The van der Waals surface area contributed by atoms with E-state index in [1.54, 1.807) is 0 Å². The maximum atomic E-state index is 13.1. The molecule has 4 heteroatoms. The molecule has 2 aromatic carbocycles. The van der Waals surface area contributed by atoms with E-state index < -0.39 is 0 Å². The molecule has 1 unspecified atom stereocenters. The molecule has 1 N–H and O–H groups in total. The van der Waals surface area contributed by atoms with Gasteiger partial charge in [0.25, 0.3) is 5.91 Å². The molecule has 1 aliphatic carbocycles. The Bertz CT molecular complexity index is 787. The molecule has 1 heterocycles. The summed E-state index contributed by atoms with van der Waals surface area (Å²) in [5, 5.41) is 3.10. The molecular weight excluding hydrogens is 327 g/mol. The molecule has 3 nitrogen and oxygen atoms in total. The topological polar surface area (TPSA) is 32.3 Å². The van der Waals surface area contributed by atoms with Crippen molar-refractivity contribution in [3.63, 3.8) is 0 Å². The fourth-order valence-electron chi connectivity index (χ4n) is 4.10. The van der Waals surface area contributed by atoms with E-state index in [1.807, 2.05) is 18.2 Å². The molecule has 0 bridgehead atoms. The van der Waals surface area contributed by atoms with Crippen LogP contribution in [-0.2, 0) is 12.8 Å². The van der Waals surface area contributed by atoms with E-state index in [-0.39, 0.29) is 11.7 Å². The second-order valence-electron chi connectivity index (χ2n) is 7.48.